The highest BCUT2D eigenvalue weighted by Crippen LogP contribution is 2.23. The number of carbonyl (C=O) groups is 1. The molecule has 1 atom stereocenters. The van der Waals surface area contributed by atoms with Gasteiger partial charge in [-0.25, -0.2) is 0 Å². The lowest BCUT2D eigenvalue weighted by atomic mass is 9.91. The Labute approximate surface area is 106 Å². The Morgan fingerprint density at radius 2 is 1.75 bits per heavy atom. The lowest BCUT2D eigenvalue weighted by Gasteiger charge is -2.21. The Balaban J connectivity index is 2.68. The first kappa shape index (κ1) is 13.3. The van der Waals surface area contributed by atoms with Crippen LogP contribution in [0.2, 0.25) is 5.02 Å². The number of benzene rings is 1. The fourth-order valence-corrected chi connectivity index (χ4v) is 1.58. The topological polar surface area (TPSA) is 26.3 Å². The summed E-state index contributed by atoms with van der Waals surface area (Å²) in [6.07, 6.45) is 0. The summed E-state index contributed by atoms with van der Waals surface area (Å²) >= 11 is 11.6. The Bertz CT molecular complexity index is 366. The van der Waals surface area contributed by atoms with E-state index in [4.69, 9.17) is 27.9 Å². The van der Waals surface area contributed by atoms with Crippen LogP contribution in [-0.4, -0.2) is 11.3 Å². The second-order valence-corrected chi connectivity index (χ2v) is 5.33. The van der Waals surface area contributed by atoms with Crippen LogP contribution in [0.1, 0.15) is 20.8 Å². The Kier molecular flexibility index (Phi) is 4.22. The minimum Gasteiger partial charge on any atom is -0.467 e. The van der Waals surface area contributed by atoms with Gasteiger partial charge in [-0.2, -0.15) is 0 Å². The van der Waals surface area contributed by atoms with E-state index in [0.29, 0.717) is 10.8 Å². The molecule has 0 aliphatic carbocycles. The maximum atomic E-state index is 11.8. The van der Waals surface area contributed by atoms with Gasteiger partial charge in [-0.1, -0.05) is 44.0 Å². The third-order valence-electron chi connectivity index (χ3n) is 2.00. The molecule has 0 aliphatic rings. The molecule has 1 rings (SSSR count). The molecule has 0 unspecified atom stereocenters. The molecule has 0 heterocycles. The van der Waals surface area contributed by atoms with Crippen molar-refractivity contribution in [2.75, 3.05) is 0 Å². The number of alkyl halides is 1. The summed E-state index contributed by atoms with van der Waals surface area (Å²) in [5.74, 6) is 0.381. The van der Waals surface area contributed by atoms with E-state index in [1.165, 1.54) is 0 Å². The number of hydrogen-bond donors (Lipinski definition) is 0. The van der Waals surface area contributed by atoms with E-state index in [0.717, 1.165) is 0 Å². The van der Waals surface area contributed by atoms with Gasteiger partial charge in [-0.3, -0.25) is 4.79 Å². The highest BCUT2D eigenvalue weighted by atomic mass is 35.5. The highest BCUT2D eigenvalue weighted by molar-refractivity contribution is 6.31. The highest BCUT2D eigenvalue weighted by Gasteiger charge is 2.29. The van der Waals surface area contributed by atoms with Gasteiger partial charge in [0.1, 0.15) is 5.75 Å². The van der Waals surface area contributed by atoms with Crippen molar-refractivity contribution < 1.29 is 9.53 Å². The number of carbonyl (C=O) groups excluding carboxylic acids is 1. The third-order valence-corrected chi connectivity index (χ3v) is 2.54. The first-order valence-corrected chi connectivity index (χ1v) is 5.73. The molecule has 0 radical (unpaired) electrons. The minimum atomic E-state index is -0.971. The summed E-state index contributed by atoms with van der Waals surface area (Å²) in [7, 11) is 0. The zero-order valence-corrected chi connectivity index (χ0v) is 11.0. The van der Waals surface area contributed by atoms with Crippen LogP contribution >= 0.6 is 23.2 Å². The van der Waals surface area contributed by atoms with Crippen molar-refractivity contribution in [2.24, 2.45) is 5.41 Å². The number of ketones is 1. The average Bonchev–Trinajstić information content (AvgIpc) is 2.19. The van der Waals surface area contributed by atoms with Crippen LogP contribution in [0.3, 0.4) is 0 Å². The summed E-state index contributed by atoms with van der Waals surface area (Å²) in [6, 6.07) is 6.71. The quantitative estimate of drug-likeness (QED) is 0.771. The van der Waals surface area contributed by atoms with Crippen LogP contribution in [-0.2, 0) is 4.79 Å². The second-order valence-electron chi connectivity index (χ2n) is 4.50. The molecule has 0 spiro atoms. The molecule has 0 amide bonds. The summed E-state index contributed by atoms with van der Waals surface area (Å²) in [6.45, 7) is 5.40. The first-order valence-electron chi connectivity index (χ1n) is 4.91. The smallest absolute Gasteiger partial charge is 0.230 e. The predicted molar refractivity (Wildman–Crippen MR) is 66.2 cm³/mol. The molecule has 4 heteroatoms. The Hall–Kier alpha value is -0.730. The van der Waals surface area contributed by atoms with Crippen LogP contribution in [0.25, 0.3) is 0 Å². The van der Waals surface area contributed by atoms with Gasteiger partial charge >= 0.3 is 0 Å². The van der Waals surface area contributed by atoms with E-state index in [-0.39, 0.29) is 5.78 Å². The lowest BCUT2D eigenvalue weighted by Crippen LogP contribution is -2.32. The SMILES string of the molecule is CC(C)(C)C(=O)[C@@H](Cl)Oc1ccc(Cl)cc1. The summed E-state index contributed by atoms with van der Waals surface area (Å²) in [5.41, 5.74) is -1.49. The summed E-state index contributed by atoms with van der Waals surface area (Å²) < 4.78 is 5.31. The number of hydrogen-bond acceptors (Lipinski definition) is 2. The third kappa shape index (κ3) is 3.69. The van der Waals surface area contributed by atoms with E-state index in [1.54, 1.807) is 45.0 Å². The van der Waals surface area contributed by atoms with Crippen molar-refractivity contribution in [3.05, 3.63) is 29.3 Å². The van der Waals surface area contributed by atoms with Gasteiger partial charge in [0.2, 0.25) is 5.56 Å². The summed E-state index contributed by atoms with van der Waals surface area (Å²) in [5, 5.41) is 0.612. The maximum Gasteiger partial charge on any atom is 0.230 e. The van der Waals surface area contributed by atoms with Crippen LogP contribution < -0.4 is 4.74 Å². The Morgan fingerprint density at radius 1 is 1.25 bits per heavy atom. The van der Waals surface area contributed by atoms with Gasteiger partial charge in [-0.15, -0.1) is 0 Å². The molecule has 0 aromatic heterocycles. The normalized spacial score (nSPS) is 13.3. The van der Waals surface area contributed by atoms with E-state index in [2.05, 4.69) is 0 Å². The second kappa shape index (κ2) is 5.07. The van der Waals surface area contributed by atoms with Crippen molar-refractivity contribution in [1.82, 2.24) is 0 Å². The number of Topliss-reactive ketones (excluding diaryl/α,β-unsaturated/α-hetero) is 1. The number of rotatable bonds is 3. The number of halogens is 2. The van der Waals surface area contributed by atoms with Crippen LogP contribution in [0.4, 0.5) is 0 Å². The Morgan fingerprint density at radius 3 is 2.19 bits per heavy atom. The molecular formula is C12H14Cl2O2. The molecular weight excluding hydrogens is 247 g/mol. The van der Waals surface area contributed by atoms with Gasteiger partial charge < -0.3 is 4.74 Å². The van der Waals surface area contributed by atoms with Crippen LogP contribution in [0.15, 0.2) is 24.3 Å². The van der Waals surface area contributed by atoms with E-state index < -0.39 is 11.0 Å². The van der Waals surface area contributed by atoms with Crippen LogP contribution in [0.5, 0.6) is 5.75 Å². The molecule has 2 nitrogen and oxygen atoms in total. The van der Waals surface area contributed by atoms with Gasteiger partial charge in [0.05, 0.1) is 0 Å². The van der Waals surface area contributed by atoms with Gasteiger partial charge in [0.15, 0.2) is 5.78 Å². The number of ether oxygens (including phenoxy) is 1. The standard InChI is InChI=1S/C12H14Cl2O2/c1-12(2,3)10(15)11(14)16-9-6-4-8(13)5-7-9/h4-7,11H,1-3H3/t11-/m0/s1. The van der Waals surface area contributed by atoms with Crippen molar-refractivity contribution in [1.29, 1.82) is 0 Å². The molecule has 0 saturated carbocycles. The molecule has 0 N–H and O–H groups in total. The molecule has 0 saturated heterocycles. The average molecular weight is 261 g/mol. The molecule has 88 valence electrons. The van der Waals surface area contributed by atoms with E-state index in [9.17, 15) is 4.79 Å². The van der Waals surface area contributed by atoms with Crippen molar-refractivity contribution >= 4 is 29.0 Å². The van der Waals surface area contributed by atoms with Crippen molar-refractivity contribution in [3.8, 4) is 5.75 Å². The monoisotopic (exact) mass is 260 g/mol. The fourth-order valence-electron chi connectivity index (χ4n) is 1.03. The van der Waals surface area contributed by atoms with E-state index in [1.807, 2.05) is 0 Å². The zero-order chi connectivity index (χ0) is 12.3. The lowest BCUT2D eigenvalue weighted by molar-refractivity contribution is -0.130. The fraction of sp³-hybridized carbons (Fsp3) is 0.417. The summed E-state index contributed by atoms with van der Waals surface area (Å²) in [4.78, 5) is 11.8. The molecule has 1 aromatic carbocycles. The maximum absolute atomic E-state index is 11.8. The molecule has 0 aliphatic heterocycles. The molecule has 0 bridgehead atoms. The van der Waals surface area contributed by atoms with Crippen molar-refractivity contribution in [2.45, 2.75) is 26.3 Å². The minimum absolute atomic E-state index is 0.149. The van der Waals surface area contributed by atoms with Gasteiger partial charge in [0, 0.05) is 10.4 Å². The van der Waals surface area contributed by atoms with Crippen LogP contribution in [0, 0.1) is 5.41 Å². The first-order chi connectivity index (χ1) is 7.30. The molecule has 16 heavy (non-hydrogen) atoms. The molecule has 1 aromatic rings. The zero-order valence-electron chi connectivity index (χ0n) is 9.46. The van der Waals surface area contributed by atoms with Gasteiger partial charge in [-0.05, 0) is 24.3 Å². The van der Waals surface area contributed by atoms with E-state index >= 15 is 0 Å². The van der Waals surface area contributed by atoms with Gasteiger partial charge in [0.25, 0.3) is 0 Å². The van der Waals surface area contributed by atoms with Crippen molar-refractivity contribution in [3.63, 3.8) is 0 Å². The largest absolute Gasteiger partial charge is 0.467 e. The molecule has 0 fully saturated rings. The predicted octanol–water partition coefficient (Wildman–Crippen LogP) is 3.90.